The molecule has 0 amide bonds. The Kier molecular flexibility index (Phi) is 12.6. The van der Waals surface area contributed by atoms with Crippen LogP contribution in [0, 0.1) is 52.0 Å². The predicted molar refractivity (Wildman–Crippen MR) is 239 cm³/mol. The molecule has 0 saturated heterocycles. The van der Waals surface area contributed by atoms with Gasteiger partial charge < -0.3 is 24.0 Å². The average molecular weight is 1090 g/mol. The summed E-state index contributed by atoms with van der Waals surface area (Å²) in [5.74, 6) is 2.51. The Balaban J connectivity index is 0.00000272. The second-order valence-corrected chi connectivity index (χ2v) is 14.9. The molecule has 0 atom stereocenters. The van der Waals surface area contributed by atoms with Gasteiger partial charge in [-0.25, -0.2) is 15.0 Å². The molecule has 8 nitrogen and oxygen atoms in total. The molecule has 0 bridgehead atoms. The van der Waals surface area contributed by atoms with Crippen molar-refractivity contribution in [2.24, 2.45) is 0 Å². The molecule has 10 rings (SSSR count). The van der Waals surface area contributed by atoms with Crippen molar-refractivity contribution in [1.29, 1.82) is 0 Å². The fourth-order valence-corrected chi connectivity index (χ4v) is 7.72. The first-order valence-electron chi connectivity index (χ1n) is 19.9. The molecule has 0 spiro atoms. The topological polar surface area (TPSA) is 87.8 Å². The van der Waals surface area contributed by atoms with Crippen molar-refractivity contribution < 1.29 is 51.0 Å². The zero-order chi connectivity index (χ0) is 41.5. The van der Waals surface area contributed by atoms with E-state index in [0.717, 1.165) is 66.7 Å². The first kappa shape index (κ1) is 43.0. The third-order valence-corrected chi connectivity index (χ3v) is 10.7. The van der Waals surface area contributed by atoms with Crippen LogP contribution in [0.3, 0.4) is 0 Å². The third kappa shape index (κ3) is 8.61. The summed E-state index contributed by atoms with van der Waals surface area (Å²) in [5.41, 5.74) is 13.0. The van der Waals surface area contributed by atoms with Gasteiger partial charge in [0.2, 0.25) is 5.95 Å². The Bertz CT molecular complexity index is 3020. The summed E-state index contributed by atoms with van der Waals surface area (Å²) in [6.07, 6.45) is 6.52. The summed E-state index contributed by atoms with van der Waals surface area (Å²) in [6, 6.07) is 54.9. The van der Waals surface area contributed by atoms with Gasteiger partial charge in [-0.3, -0.25) is 0 Å². The zero-order valence-electron chi connectivity index (χ0n) is 34.5. The molecule has 0 radical (unpaired) electrons. The van der Waals surface area contributed by atoms with Crippen LogP contribution in [-0.4, -0.2) is 29.5 Å². The summed E-state index contributed by atoms with van der Waals surface area (Å²) in [6.45, 7) is 8.33. The minimum Gasteiger partial charge on any atom is -0.502 e. The van der Waals surface area contributed by atoms with Crippen LogP contribution in [-0.2, 0) is 41.5 Å². The average Bonchev–Trinajstić information content (AvgIpc) is 3.60. The molecule has 0 fully saturated rings. The minimum absolute atomic E-state index is 0. The van der Waals surface area contributed by atoms with Crippen LogP contribution >= 0.6 is 0 Å². The molecular weight excluding hydrogens is 1050 g/mol. The number of rotatable bonds is 9. The molecule has 310 valence electrons. The van der Waals surface area contributed by atoms with Gasteiger partial charge in [-0.2, -0.15) is 22.9 Å². The molecule has 10 aromatic rings. The Hall–Kier alpha value is -6.62. The number of pyridine rings is 2. The first-order valence-corrected chi connectivity index (χ1v) is 19.9. The molecule has 10 heteroatoms. The van der Waals surface area contributed by atoms with Crippen LogP contribution in [0.5, 0.6) is 23.0 Å². The summed E-state index contributed by atoms with van der Waals surface area (Å²) >= 11 is 0. The Labute approximate surface area is 394 Å². The fourth-order valence-electron chi connectivity index (χ4n) is 7.72. The van der Waals surface area contributed by atoms with Gasteiger partial charge in [-0.1, -0.05) is 143 Å². The largest absolute Gasteiger partial charge is 2.00 e. The van der Waals surface area contributed by atoms with Crippen LogP contribution < -0.4 is 9.47 Å². The smallest absolute Gasteiger partial charge is 0.502 e. The van der Waals surface area contributed by atoms with Crippen molar-refractivity contribution in [2.45, 2.75) is 27.7 Å². The van der Waals surface area contributed by atoms with E-state index in [4.69, 9.17) is 9.47 Å². The number of ether oxygens (including phenoxy) is 2. The standard InChI is InChI=1S/C53H36N6O2.Pd.Pt/c1-33-11-15-37(16-12-33)51-35(3)25-39(45-9-5-7-23-55-45)27-49(51)60-41-19-21-43-44-22-20-42(30-48(44)59(47(43)29-41)53-57-31-54-32-58-53)61-50-28-40(46-10-6-8-24-56-46)26-36(4)52(50)38-17-13-34(2)14-18-38;;/h5-26,31-32H,1-4H3;;/q-4;2*+2. The van der Waals surface area contributed by atoms with E-state index < -0.39 is 0 Å². The number of benzene rings is 6. The van der Waals surface area contributed by atoms with Crippen LogP contribution in [0.15, 0.2) is 146 Å². The summed E-state index contributed by atoms with van der Waals surface area (Å²) < 4.78 is 15.5. The fraction of sp³-hybridized carbons (Fsp3) is 0.0755. The van der Waals surface area contributed by atoms with Gasteiger partial charge in [-0.15, -0.1) is 58.7 Å². The van der Waals surface area contributed by atoms with Gasteiger partial charge in [0.15, 0.2) is 0 Å². The third-order valence-electron chi connectivity index (χ3n) is 10.7. The van der Waals surface area contributed by atoms with Gasteiger partial charge >= 0.3 is 41.5 Å². The van der Waals surface area contributed by atoms with Crippen molar-refractivity contribution in [3.63, 3.8) is 0 Å². The van der Waals surface area contributed by atoms with Crippen LogP contribution in [0.2, 0.25) is 0 Å². The van der Waals surface area contributed by atoms with Gasteiger partial charge in [0.05, 0.1) is 0 Å². The second kappa shape index (κ2) is 18.4. The molecule has 4 aromatic heterocycles. The minimum atomic E-state index is 0. The number of fused-ring (bicyclic) bond motifs is 3. The summed E-state index contributed by atoms with van der Waals surface area (Å²) in [4.78, 5) is 22.5. The van der Waals surface area contributed by atoms with Gasteiger partial charge in [0.1, 0.15) is 12.7 Å². The zero-order valence-corrected chi connectivity index (χ0v) is 38.3. The molecule has 63 heavy (non-hydrogen) atoms. The van der Waals surface area contributed by atoms with Crippen LogP contribution in [0.25, 0.3) is 72.5 Å². The first-order chi connectivity index (χ1) is 29.9. The van der Waals surface area contributed by atoms with E-state index >= 15 is 0 Å². The number of aromatic nitrogens is 6. The van der Waals surface area contributed by atoms with E-state index in [2.05, 4.69) is 138 Å². The number of aryl methyl sites for hydroxylation is 4. The van der Waals surface area contributed by atoms with E-state index in [1.54, 1.807) is 12.4 Å². The molecule has 0 aliphatic rings. The molecular formula is C53H36N6O2PdPt. The maximum atomic E-state index is 6.81. The normalized spacial score (nSPS) is 10.9. The Morgan fingerprint density at radius 2 is 0.937 bits per heavy atom. The number of hydrogen-bond donors (Lipinski definition) is 0. The SMILES string of the molecule is Cc1ccc(-c2c(Oc3[c-]c4c(cc3)c3ccc(Oc5[c-]c(-c6ccccn6)cc(C)c5-c5ccc(C)cc5)[c-]c3n4-c3ncncn3)[c-]c(-c3ccccn3)cc2C)cc1.[Pd+2].[Pt+2]. The Morgan fingerprint density at radius 1 is 0.492 bits per heavy atom. The maximum Gasteiger partial charge on any atom is 2.00 e. The van der Waals surface area contributed by atoms with Crippen LogP contribution in [0.1, 0.15) is 22.3 Å². The van der Waals surface area contributed by atoms with E-state index in [9.17, 15) is 0 Å². The molecule has 0 aliphatic heterocycles. The maximum absolute atomic E-state index is 6.81. The molecule has 0 aliphatic carbocycles. The Morgan fingerprint density at radius 3 is 1.35 bits per heavy atom. The predicted octanol–water partition coefficient (Wildman–Crippen LogP) is 12.4. The molecule has 0 N–H and O–H groups in total. The number of hydrogen-bond acceptors (Lipinski definition) is 7. The van der Waals surface area contributed by atoms with E-state index in [1.165, 1.54) is 23.8 Å². The van der Waals surface area contributed by atoms with Crippen LogP contribution in [0.4, 0.5) is 0 Å². The molecule has 0 saturated carbocycles. The summed E-state index contributed by atoms with van der Waals surface area (Å²) in [7, 11) is 0. The molecule has 6 aromatic carbocycles. The summed E-state index contributed by atoms with van der Waals surface area (Å²) in [5, 5.41) is 1.82. The van der Waals surface area contributed by atoms with Crippen molar-refractivity contribution in [3.05, 3.63) is 193 Å². The molecule has 0 unspecified atom stereocenters. The molecule has 4 heterocycles. The van der Waals surface area contributed by atoms with Crippen molar-refractivity contribution in [3.8, 4) is 73.7 Å². The van der Waals surface area contributed by atoms with Crippen molar-refractivity contribution in [1.82, 2.24) is 29.5 Å². The van der Waals surface area contributed by atoms with E-state index in [1.807, 2.05) is 65.2 Å². The van der Waals surface area contributed by atoms with E-state index in [-0.39, 0.29) is 41.5 Å². The van der Waals surface area contributed by atoms with E-state index in [0.29, 0.717) is 40.0 Å². The second-order valence-electron chi connectivity index (χ2n) is 14.9. The van der Waals surface area contributed by atoms with Gasteiger partial charge in [0.25, 0.3) is 0 Å². The van der Waals surface area contributed by atoms with Gasteiger partial charge in [-0.05, 0) is 37.4 Å². The number of nitrogens with zero attached hydrogens (tertiary/aromatic N) is 6. The van der Waals surface area contributed by atoms with Crippen molar-refractivity contribution >= 4 is 21.8 Å². The quantitative estimate of drug-likeness (QED) is 0.105. The van der Waals surface area contributed by atoms with Crippen molar-refractivity contribution in [2.75, 3.05) is 0 Å². The van der Waals surface area contributed by atoms with Gasteiger partial charge in [0, 0.05) is 35.4 Å². The monoisotopic (exact) mass is 1090 g/mol.